The average molecular weight is 285 g/mol. The molecule has 0 bridgehead atoms. The van der Waals surface area contributed by atoms with Gasteiger partial charge in [0.2, 0.25) is 0 Å². The summed E-state index contributed by atoms with van der Waals surface area (Å²) in [5, 5.41) is 22.3. The Morgan fingerprint density at radius 1 is 1.25 bits per heavy atom. The molecule has 4 heteroatoms. The topological polar surface area (TPSA) is 56.0 Å². The monoisotopic (exact) mass is 284 g/mol. The van der Waals surface area contributed by atoms with E-state index in [0.29, 0.717) is 16.3 Å². The van der Waals surface area contributed by atoms with Crippen LogP contribution >= 0.6 is 11.6 Å². The third-order valence-corrected chi connectivity index (χ3v) is 3.95. The first-order valence-corrected chi connectivity index (χ1v) is 6.83. The molecule has 0 radical (unpaired) electrons. The predicted molar refractivity (Wildman–Crippen MR) is 79.0 cm³/mol. The summed E-state index contributed by atoms with van der Waals surface area (Å²) in [7, 11) is 0. The summed E-state index contributed by atoms with van der Waals surface area (Å²) < 4.78 is 0. The van der Waals surface area contributed by atoms with Crippen LogP contribution in [0.4, 0.5) is 5.69 Å². The molecule has 0 saturated carbocycles. The van der Waals surface area contributed by atoms with Crippen molar-refractivity contribution in [2.24, 2.45) is 0 Å². The largest absolute Gasteiger partial charge is 0.508 e. The maximum atomic E-state index is 9.50. The van der Waals surface area contributed by atoms with Gasteiger partial charge >= 0.3 is 0 Å². The lowest BCUT2D eigenvalue weighted by molar-refractivity contribution is 0.474. The zero-order chi connectivity index (χ0) is 14.1. The van der Waals surface area contributed by atoms with E-state index < -0.39 is 0 Å². The van der Waals surface area contributed by atoms with Crippen molar-refractivity contribution in [3.63, 3.8) is 0 Å². The molecular formula is C16H13ClN2O. The number of nitrogens with one attached hydrogen (secondary N) is 1. The molecule has 1 aliphatic rings. The number of phenolic OH excluding ortho intramolecular Hbond substituents is 1. The first-order chi connectivity index (χ1) is 9.67. The fraction of sp³-hybridized carbons (Fsp3) is 0.188. The first-order valence-electron chi connectivity index (χ1n) is 6.45. The Hall–Kier alpha value is -2.18. The fourth-order valence-electron chi connectivity index (χ4n) is 2.65. The van der Waals surface area contributed by atoms with Gasteiger partial charge in [0, 0.05) is 5.69 Å². The number of fused-ring (bicyclic) bond motifs is 1. The smallest absolute Gasteiger partial charge is 0.115 e. The van der Waals surface area contributed by atoms with E-state index in [-0.39, 0.29) is 6.04 Å². The van der Waals surface area contributed by atoms with Crippen molar-refractivity contribution in [2.75, 3.05) is 5.32 Å². The second-order valence-electron chi connectivity index (χ2n) is 4.93. The van der Waals surface area contributed by atoms with E-state index in [1.165, 1.54) is 11.1 Å². The van der Waals surface area contributed by atoms with Crippen LogP contribution in [-0.2, 0) is 6.42 Å². The number of nitrogens with zero attached hydrogens (tertiary/aromatic N) is 1. The Balaban J connectivity index is 1.84. The Morgan fingerprint density at radius 2 is 2.10 bits per heavy atom. The summed E-state index contributed by atoms with van der Waals surface area (Å²) in [5.41, 5.74) is 3.78. The molecule has 3 nitrogen and oxygen atoms in total. The number of halogens is 1. The van der Waals surface area contributed by atoms with E-state index in [2.05, 4.69) is 11.4 Å². The lowest BCUT2D eigenvalue weighted by Crippen LogP contribution is -2.07. The van der Waals surface area contributed by atoms with Gasteiger partial charge in [0.15, 0.2) is 0 Å². The van der Waals surface area contributed by atoms with Crippen molar-refractivity contribution >= 4 is 17.3 Å². The van der Waals surface area contributed by atoms with Gasteiger partial charge in [-0.05, 0) is 54.3 Å². The van der Waals surface area contributed by atoms with Gasteiger partial charge < -0.3 is 10.4 Å². The van der Waals surface area contributed by atoms with Crippen LogP contribution in [-0.4, -0.2) is 5.11 Å². The van der Waals surface area contributed by atoms with Crippen molar-refractivity contribution in [1.82, 2.24) is 0 Å². The minimum absolute atomic E-state index is 0.217. The number of hydrogen-bond donors (Lipinski definition) is 2. The molecule has 1 aliphatic carbocycles. The molecule has 0 fully saturated rings. The molecule has 0 aromatic heterocycles. The van der Waals surface area contributed by atoms with Gasteiger partial charge in [0.25, 0.3) is 0 Å². The van der Waals surface area contributed by atoms with Crippen LogP contribution < -0.4 is 5.32 Å². The highest BCUT2D eigenvalue weighted by molar-refractivity contribution is 6.32. The van der Waals surface area contributed by atoms with Gasteiger partial charge in [-0.1, -0.05) is 17.7 Å². The highest BCUT2D eigenvalue weighted by atomic mass is 35.5. The number of nitriles is 1. The van der Waals surface area contributed by atoms with Crippen LogP contribution in [0.25, 0.3) is 0 Å². The second kappa shape index (κ2) is 5.07. The lowest BCUT2D eigenvalue weighted by atomic mass is 10.1. The number of phenols is 1. The van der Waals surface area contributed by atoms with Gasteiger partial charge in [-0.3, -0.25) is 0 Å². The fourth-order valence-corrected chi connectivity index (χ4v) is 2.87. The molecule has 2 aromatic carbocycles. The quantitative estimate of drug-likeness (QED) is 0.876. The van der Waals surface area contributed by atoms with E-state index in [9.17, 15) is 5.11 Å². The van der Waals surface area contributed by atoms with Gasteiger partial charge in [0.05, 0.1) is 16.6 Å². The van der Waals surface area contributed by atoms with Gasteiger partial charge in [-0.2, -0.15) is 5.26 Å². The molecule has 1 atom stereocenters. The summed E-state index contributed by atoms with van der Waals surface area (Å²) in [4.78, 5) is 0. The van der Waals surface area contributed by atoms with Crippen LogP contribution in [0.1, 0.15) is 29.2 Å². The van der Waals surface area contributed by atoms with Crippen LogP contribution in [0, 0.1) is 11.3 Å². The summed E-state index contributed by atoms with van der Waals surface area (Å²) in [6, 6.07) is 13.1. The highest BCUT2D eigenvalue weighted by Crippen LogP contribution is 2.36. The highest BCUT2D eigenvalue weighted by Gasteiger charge is 2.22. The maximum absolute atomic E-state index is 9.50. The molecule has 0 spiro atoms. The number of benzene rings is 2. The minimum atomic E-state index is 0.217. The first kappa shape index (κ1) is 12.8. The van der Waals surface area contributed by atoms with Crippen molar-refractivity contribution in [1.29, 1.82) is 5.26 Å². The lowest BCUT2D eigenvalue weighted by Gasteiger charge is -2.16. The molecule has 0 heterocycles. The van der Waals surface area contributed by atoms with Crippen LogP contribution in [0.15, 0.2) is 36.4 Å². The zero-order valence-electron chi connectivity index (χ0n) is 10.7. The molecule has 0 amide bonds. The third-order valence-electron chi connectivity index (χ3n) is 3.63. The van der Waals surface area contributed by atoms with Crippen molar-refractivity contribution in [3.8, 4) is 11.8 Å². The molecular weight excluding hydrogens is 272 g/mol. The van der Waals surface area contributed by atoms with Gasteiger partial charge in [-0.15, -0.1) is 0 Å². The molecule has 3 rings (SSSR count). The molecule has 0 saturated heterocycles. The Morgan fingerprint density at radius 3 is 2.85 bits per heavy atom. The summed E-state index contributed by atoms with van der Waals surface area (Å²) in [6.07, 6.45) is 1.93. The number of aryl methyl sites for hydroxylation is 1. The predicted octanol–water partition coefficient (Wildman–Crippen LogP) is 4.02. The molecule has 100 valence electrons. The SMILES string of the molecule is N#Cc1ccc(NC2CCc3cc(O)ccc32)cc1Cl. The molecule has 2 N–H and O–H groups in total. The van der Waals surface area contributed by atoms with Crippen molar-refractivity contribution in [3.05, 3.63) is 58.1 Å². The van der Waals surface area contributed by atoms with E-state index in [0.717, 1.165) is 18.5 Å². The Labute approximate surface area is 122 Å². The molecule has 20 heavy (non-hydrogen) atoms. The zero-order valence-corrected chi connectivity index (χ0v) is 11.5. The third kappa shape index (κ3) is 2.31. The van der Waals surface area contributed by atoms with Crippen LogP contribution in [0.5, 0.6) is 5.75 Å². The minimum Gasteiger partial charge on any atom is -0.508 e. The van der Waals surface area contributed by atoms with E-state index in [1.807, 2.05) is 18.2 Å². The summed E-state index contributed by atoms with van der Waals surface area (Å²) in [6.45, 7) is 0. The molecule has 0 aliphatic heterocycles. The van der Waals surface area contributed by atoms with E-state index >= 15 is 0 Å². The standard InChI is InChI=1S/C16H13ClN2O/c17-15-8-12(3-1-11(15)9-18)19-16-6-2-10-7-13(20)4-5-14(10)16/h1,3-5,7-8,16,19-20H,2,6H2. The van der Waals surface area contributed by atoms with Gasteiger partial charge in [-0.25, -0.2) is 0 Å². The number of anilines is 1. The summed E-state index contributed by atoms with van der Waals surface area (Å²) >= 11 is 6.04. The molecule has 2 aromatic rings. The molecule has 1 unspecified atom stereocenters. The number of hydrogen-bond acceptors (Lipinski definition) is 3. The number of aromatic hydroxyl groups is 1. The Kier molecular flexibility index (Phi) is 3.25. The summed E-state index contributed by atoms with van der Waals surface area (Å²) in [5.74, 6) is 0.311. The van der Waals surface area contributed by atoms with Crippen LogP contribution in [0.3, 0.4) is 0 Å². The number of rotatable bonds is 2. The van der Waals surface area contributed by atoms with Gasteiger partial charge in [0.1, 0.15) is 11.8 Å². The van der Waals surface area contributed by atoms with Crippen LogP contribution in [0.2, 0.25) is 5.02 Å². The maximum Gasteiger partial charge on any atom is 0.115 e. The average Bonchev–Trinajstić information content (AvgIpc) is 2.81. The van der Waals surface area contributed by atoms with Crippen molar-refractivity contribution in [2.45, 2.75) is 18.9 Å². The normalized spacial score (nSPS) is 16.5. The van der Waals surface area contributed by atoms with E-state index in [4.69, 9.17) is 16.9 Å². The Bertz CT molecular complexity index is 706. The van der Waals surface area contributed by atoms with Crippen molar-refractivity contribution < 1.29 is 5.11 Å². The second-order valence-corrected chi connectivity index (χ2v) is 5.33. The van der Waals surface area contributed by atoms with E-state index in [1.54, 1.807) is 18.2 Å².